The SMILES string of the molecule is O=C(NCc1ccccc1)C1CCN(C(=O)C=Cc2cc(Br)ccc2F)CC1. The summed E-state index contributed by atoms with van der Waals surface area (Å²) in [6.45, 7) is 1.56. The van der Waals surface area contributed by atoms with Gasteiger partial charge in [0.05, 0.1) is 0 Å². The van der Waals surface area contributed by atoms with Crippen LogP contribution in [0.1, 0.15) is 24.0 Å². The first-order valence-electron chi connectivity index (χ1n) is 9.26. The van der Waals surface area contributed by atoms with Gasteiger partial charge in [0.25, 0.3) is 0 Å². The largest absolute Gasteiger partial charge is 0.352 e. The van der Waals surface area contributed by atoms with Crippen molar-refractivity contribution in [2.45, 2.75) is 19.4 Å². The van der Waals surface area contributed by atoms with Gasteiger partial charge in [-0.3, -0.25) is 9.59 Å². The highest BCUT2D eigenvalue weighted by Crippen LogP contribution is 2.19. The van der Waals surface area contributed by atoms with Crippen LogP contribution in [-0.4, -0.2) is 29.8 Å². The molecule has 0 unspecified atom stereocenters. The second-order valence-corrected chi connectivity index (χ2v) is 7.72. The number of halogens is 2. The fraction of sp³-hybridized carbons (Fsp3) is 0.273. The van der Waals surface area contributed by atoms with Crippen molar-refractivity contribution in [2.75, 3.05) is 13.1 Å². The van der Waals surface area contributed by atoms with E-state index in [1.807, 2.05) is 30.3 Å². The Balaban J connectivity index is 1.47. The van der Waals surface area contributed by atoms with Crippen molar-refractivity contribution in [1.82, 2.24) is 10.2 Å². The van der Waals surface area contributed by atoms with Gasteiger partial charge in [0, 0.05) is 41.7 Å². The Hall–Kier alpha value is -2.47. The number of likely N-dealkylation sites (tertiary alicyclic amines) is 1. The minimum absolute atomic E-state index is 0.0303. The molecule has 2 amide bonds. The van der Waals surface area contributed by atoms with Gasteiger partial charge in [0.1, 0.15) is 5.82 Å². The van der Waals surface area contributed by atoms with Gasteiger partial charge >= 0.3 is 0 Å². The van der Waals surface area contributed by atoms with Crippen LogP contribution in [0.25, 0.3) is 6.08 Å². The molecule has 146 valence electrons. The average molecular weight is 445 g/mol. The van der Waals surface area contributed by atoms with Gasteiger partial charge in [0.2, 0.25) is 11.8 Å². The zero-order valence-electron chi connectivity index (χ0n) is 15.4. The highest BCUT2D eigenvalue weighted by Gasteiger charge is 2.26. The van der Waals surface area contributed by atoms with Crippen LogP contribution in [0.15, 0.2) is 59.1 Å². The molecule has 3 rings (SSSR count). The molecule has 1 saturated heterocycles. The Labute approximate surface area is 172 Å². The maximum absolute atomic E-state index is 13.8. The van der Waals surface area contributed by atoms with Gasteiger partial charge in [-0.1, -0.05) is 46.3 Å². The van der Waals surface area contributed by atoms with Crippen molar-refractivity contribution in [3.8, 4) is 0 Å². The molecule has 0 spiro atoms. The summed E-state index contributed by atoms with van der Waals surface area (Å²) in [5, 5.41) is 2.97. The van der Waals surface area contributed by atoms with Crippen molar-refractivity contribution in [1.29, 1.82) is 0 Å². The summed E-state index contributed by atoms with van der Waals surface area (Å²) in [6, 6.07) is 14.4. The molecule has 6 heteroatoms. The van der Waals surface area contributed by atoms with E-state index in [1.54, 1.807) is 17.0 Å². The molecular formula is C22H22BrFN2O2. The molecule has 0 aromatic heterocycles. The summed E-state index contributed by atoms with van der Waals surface area (Å²) in [6.07, 6.45) is 4.14. The molecule has 2 aromatic carbocycles. The molecule has 0 bridgehead atoms. The first kappa shape index (κ1) is 20.3. The molecule has 0 aliphatic carbocycles. The van der Waals surface area contributed by atoms with Gasteiger partial charge in [-0.15, -0.1) is 0 Å². The van der Waals surface area contributed by atoms with Gasteiger partial charge < -0.3 is 10.2 Å². The number of carbonyl (C=O) groups excluding carboxylic acids is 2. The number of nitrogens with one attached hydrogen (secondary N) is 1. The summed E-state index contributed by atoms with van der Waals surface area (Å²) in [7, 11) is 0. The molecule has 1 heterocycles. The predicted octanol–water partition coefficient (Wildman–Crippen LogP) is 4.16. The highest BCUT2D eigenvalue weighted by atomic mass is 79.9. The molecule has 0 radical (unpaired) electrons. The summed E-state index contributed by atoms with van der Waals surface area (Å²) >= 11 is 3.29. The van der Waals surface area contributed by atoms with Crippen LogP contribution in [-0.2, 0) is 16.1 Å². The van der Waals surface area contributed by atoms with Crippen LogP contribution in [0.4, 0.5) is 4.39 Å². The highest BCUT2D eigenvalue weighted by molar-refractivity contribution is 9.10. The number of hydrogen-bond acceptors (Lipinski definition) is 2. The van der Waals surface area contributed by atoms with E-state index in [4.69, 9.17) is 0 Å². The van der Waals surface area contributed by atoms with Crippen molar-refractivity contribution in [2.24, 2.45) is 5.92 Å². The number of amides is 2. The summed E-state index contributed by atoms with van der Waals surface area (Å²) in [5.41, 5.74) is 1.42. The third kappa shape index (κ3) is 5.52. The molecule has 0 atom stereocenters. The van der Waals surface area contributed by atoms with E-state index < -0.39 is 0 Å². The van der Waals surface area contributed by atoms with Gasteiger partial charge in [-0.2, -0.15) is 0 Å². The van der Waals surface area contributed by atoms with Crippen LogP contribution < -0.4 is 5.32 Å². The summed E-state index contributed by atoms with van der Waals surface area (Å²) < 4.78 is 14.5. The van der Waals surface area contributed by atoms with Crippen LogP contribution in [0.3, 0.4) is 0 Å². The number of benzene rings is 2. The van der Waals surface area contributed by atoms with E-state index in [0.717, 1.165) is 10.0 Å². The van der Waals surface area contributed by atoms with E-state index in [0.29, 0.717) is 38.0 Å². The lowest BCUT2D eigenvalue weighted by Gasteiger charge is -2.30. The number of nitrogens with zero attached hydrogens (tertiary/aromatic N) is 1. The third-order valence-electron chi connectivity index (χ3n) is 4.85. The summed E-state index contributed by atoms with van der Waals surface area (Å²) in [5.74, 6) is -0.592. The lowest BCUT2D eigenvalue weighted by Crippen LogP contribution is -2.42. The second kappa shape index (κ2) is 9.64. The maximum atomic E-state index is 13.8. The van der Waals surface area contributed by atoms with E-state index in [9.17, 15) is 14.0 Å². The van der Waals surface area contributed by atoms with Gasteiger partial charge in [-0.25, -0.2) is 4.39 Å². The van der Waals surface area contributed by atoms with Crippen molar-refractivity contribution < 1.29 is 14.0 Å². The normalized spacial score (nSPS) is 15.0. The zero-order valence-corrected chi connectivity index (χ0v) is 17.0. The van der Waals surface area contributed by atoms with Crippen LogP contribution in [0.5, 0.6) is 0 Å². The van der Waals surface area contributed by atoms with Crippen molar-refractivity contribution in [3.63, 3.8) is 0 Å². The van der Waals surface area contributed by atoms with Crippen LogP contribution in [0, 0.1) is 11.7 Å². The molecule has 0 saturated carbocycles. The number of rotatable bonds is 5. The predicted molar refractivity (Wildman–Crippen MR) is 111 cm³/mol. The minimum Gasteiger partial charge on any atom is -0.352 e. The Morgan fingerprint density at radius 1 is 1.14 bits per heavy atom. The molecule has 1 aliphatic rings. The van der Waals surface area contributed by atoms with E-state index in [2.05, 4.69) is 21.2 Å². The molecule has 1 fully saturated rings. The monoisotopic (exact) mass is 444 g/mol. The number of hydrogen-bond donors (Lipinski definition) is 1. The number of piperidine rings is 1. The Bertz CT molecular complexity index is 862. The quantitative estimate of drug-likeness (QED) is 0.703. The smallest absolute Gasteiger partial charge is 0.246 e. The topological polar surface area (TPSA) is 49.4 Å². The van der Waals surface area contributed by atoms with Crippen LogP contribution in [0.2, 0.25) is 0 Å². The average Bonchev–Trinajstić information content (AvgIpc) is 2.73. The fourth-order valence-corrected chi connectivity index (χ4v) is 3.58. The molecule has 1 aliphatic heterocycles. The third-order valence-corrected chi connectivity index (χ3v) is 5.34. The van der Waals surface area contributed by atoms with E-state index >= 15 is 0 Å². The first-order valence-corrected chi connectivity index (χ1v) is 10.1. The molecule has 1 N–H and O–H groups in total. The second-order valence-electron chi connectivity index (χ2n) is 6.80. The fourth-order valence-electron chi connectivity index (χ4n) is 3.20. The Morgan fingerprint density at radius 3 is 2.57 bits per heavy atom. The molecular weight excluding hydrogens is 423 g/mol. The number of carbonyl (C=O) groups is 2. The van der Waals surface area contributed by atoms with E-state index in [1.165, 1.54) is 18.2 Å². The Kier molecular flexibility index (Phi) is 6.98. The lowest BCUT2D eigenvalue weighted by molar-refractivity contribution is -0.132. The van der Waals surface area contributed by atoms with Crippen molar-refractivity contribution in [3.05, 3.63) is 76.0 Å². The zero-order chi connectivity index (χ0) is 19.9. The molecule has 4 nitrogen and oxygen atoms in total. The van der Waals surface area contributed by atoms with Gasteiger partial charge in [0.15, 0.2) is 0 Å². The standard InChI is InChI=1S/C22H22BrFN2O2/c23-19-7-8-20(24)18(14-19)6-9-21(27)26-12-10-17(11-13-26)22(28)25-15-16-4-2-1-3-5-16/h1-9,14,17H,10-13,15H2,(H,25,28). The molecule has 28 heavy (non-hydrogen) atoms. The van der Waals surface area contributed by atoms with E-state index in [-0.39, 0.29) is 23.5 Å². The first-order chi connectivity index (χ1) is 13.5. The van der Waals surface area contributed by atoms with Crippen molar-refractivity contribution >= 4 is 33.8 Å². The van der Waals surface area contributed by atoms with Crippen LogP contribution >= 0.6 is 15.9 Å². The summed E-state index contributed by atoms with van der Waals surface area (Å²) in [4.78, 5) is 26.4. The minimum atomic E-state index is -0.374. The molecule has 2 aromatic rings. The maximum Gasteiger partial charge on any atom is 0.246 e. The lowest BCUT2D eigenvalue weighted by atomic mass is 9.95. The van der Waals surface area contributed by atoms with Gasteiger partial charge in [-0.05, 0) is 42.7 Å². The Morgan fingerprint density at radius 2 is 1.86 bits per heavy atom.